The molecule has 1 amide bonds. The second kappa shape index (κ2) is 9.25. The normalized spacial score (nSPS) is 10.9. The first-order chi connectivity index (χ1) is 15.8. The first kappa shape index (κ1) is 22.8. The maximum atomic E-state index is 13.6. The minimum absolute atomic E-state index is 0.0221. The van der Waals surface area contributed by atoms with Gasteiger partial charge in [0.15, 0.2) is 22.9 Å². The van der Waals surface area contributed by atoms with Gasteiger partial charge in [0.1, 0.15) is 5.82 Å². The van der Waals surface area contributed by atoms with E-state index in [0.29, 0.717) is 38.0 Å². The van der Waals surface area contributed by atoms with Gasteiger partial charge in [-0.25, -0.2) is 4.39 Å². The number of ether oxygens (including phenoxy) is 1. The molecule has 1 aromatic heterocycles. The number of benzene rings is 3. The van der Waals surface area contributed by atoms with Crippen LogP contribution in [0, 0.1) is 5.82 Å². The predicted octanol–water partition coefficient (Wildman–Crippen LogP) is 6.59. The summed E-state index contributed by atoms with van der Waals surface area (Å²) in [5, 5.41) is 1.19. The molecule has 0 bridgehead atoms. The number of Topliss-reactive ketones (excluding diaryl/α,β-unsaturated/α-hetero) is 1. The summed E-state index contributed by atoms with van der Waals surface area (Å²) in [6, 6.07) is 15.4. The van der Waals surface area contributed by atoms with Crippen LogP contribution >= 0.6 is 23.2 Å². The molecule has 0 saturated carbocycles. The summed E-state index contributed by atoms with van der Waals surface area (Å²) in [6.07, 6.45) is -0.0302. The Morgan fingerprint density at radius 3 is 2.39 bits per heavy atom. The van der Waals surface area contributed by atoms with Crippen molar-refractivity contribution < 1.29 is 23.1 Å². The molecule has 4 rings (SSSR count). The van der Waals surface area contributed by atoms with Crippen molar-refractivity contribution in [3.63, 3.8) is 0 Å². The third kappa shape index (κ3) is 4.45. The fourth-order valence-corrected chi connectivity index (χ4v) is 4.06. The van der Waals surface area contributed by atoms with Gasteiger partial charge in [-0.1, -0.05) is 35.3 Å². The molecule has 0 aliphatic rings. The molecule has 0 spiro atoms. The highest BCUT2D eigenvalue weighted by Crippen LogP contribution is 2.34. The number of halogens is 3. The van der Waals surface area contributed by atoms with E-state index >= 15 is 0 Å². The smallest absolute Gasteiger partial charge is 0.293 e. The number of methoxy groups -OCH3 is 1. The zero-order valence-electron chi connectivity index (χ0n) is 17.7. The molecular weight excluding hydrogens is 468 g/mol. The molecule has 0 N–H and O–H groups in total. The largest absolute Gasteiger partial charge is 0.493 e. The Balaban J connectivity index is 1.74. The minimum atomic E-state index is -0.508. The molecule has 33 heavy (non-hydrogen) atoms. The number of carbonyl (C=O) groups is 2. The number of carbonyl (C=O) groups excluding carboxylic acids is 2. The number of nitrogens with zero attached hydrogens (tertiary/aromatic N) is 1. The van der Waals surface area contributed by atoms with Crippen molar-refractivity contribution in [3.8, 4) is 5.75 Å². The van der Waals surface area contributed by atoms with Crippen LogP contribution in [-0.2, 0) is 6.42 Å². The summed E-state index contributed by atoms with van der Waals surface area (Å²) in [4.78, 5) is 27.5. The number of rotatable bonds is 6. The van der Waals surface area contributed by atoms with E-state index < -0.39 is 11.7 Å². The zero-order chi connectivity index (χ0) is 23.7. The molecule has 0 saturated heterocycles. The van der Waals surface area contributed by atoms with Gasteiger partial charge in [0.05, 0.1) is 7.11 Å². The Labute approximate surface area is 199 Å². The highest BCUT2D eigenvalue weighted by atomic mass is 35.5. The van der Waals surface area contributed by atoms with Crippen molar-refractivity contribution >= 4 is 51.5 Å². The van der Waals surface area contributed by atoms with E-state index in [4.69, 9.17) is 32.4 Å². The van der Waals surface area contributed by atoms with E-state index in [-0.39, 0.29) is 23.5 Å². The monoisotopic (exact) mass is 485 g/mol. The van der Waals surface area contributed by atoms with Gasteiger partial charge in [0.2, 0.25) is 0 Å². The summed E-state index contributed by atoms with van der Waals surface area (Å²) in [5.41, 5.74) is 1.46. The standard InChI is InChI=1S/C25H18Cl2FNO4/c1-29(15-6-3-5-14(28)11-15)25(31)23-13-17-16(9-10-22(32-2)24(17)33-23)21(30)12-18-19(26)7-4-8-20(18)27/h3-11,13H,12H2,1-2H3. The first-order valence-electron chi connectivity index (χ1n) is 9.90. The molecule has 1 heterocycles. The lowest BCUT2D eigenvalue weighted by Crippen LogP contribution is -2.25. The summed E-state index contributed by atoms with van der Waals surface area (Å²) >= 11 is 12.4. The van der Waals surface area contributed by atoms with Gasteiger partial charge >= 0.3 is 0 Å². The molecule has 5 nitrogen and oxygen atoms in total. The van der Waals surface area contributed by atoms with Crippen LogP contribution in [0.5, 0.6) is 5.75 Å². The molecule has 4 aromatic rings. The summed E-state index contributed by atoms with van der Waals surface area (Å²) in [5.74, 6) is -0.886. The Morgan fingerprint density at radius 1 is 1.03 bits per heavy atom. The Hall–Kier alpha value is -3.35. The number of amides is 1. The van der Waals surface area contributed by atoms with Crippen molar-refractivity contribution in [2.45, 2.75) is 6.42 Å². The molecule has 168 valence electrons. The van der Waals surface area contributed by atoms with Gasteiger partial charge < -0.3 is 14.1 Å². The topological polar surface area (TPSA) is 59.8 Å². The predicted molar refractivity (Wildman–Crippen MR) is 126 cm³/mol. The fourth-order valence-electron chi connectivity index (χ4n) is 3.53. The fraction of sp³-hybridized carbons (Fsp3) is 0.120. The SMILES string of the molecule is COc1ccc(C(=O)Cc2c(Cl)cccc2Cl)c2cc(C(=O)N(C)c3cccc(F)c3)oc12. The van der Waals surface area contributed by atoms with Crippen molar-refractivity contribution in [1.29, 1.82) is 0 Å². The van der Waals surface area contributed by atoms with Gasteiger partial charge in [-0.15, -0.1) is 0 Å². The van der Waals surface area contributed by atoms with Crippen LogP contribution in [0.2, 0.25) is 10.0 Å². The molecule has 3 aromatic carbocycles. The highest BCUT2D eigenvalue weighted by Gasteiger charge is 2.24. The Morgan fingerprint density at radius 2 is 1.73 bits per heavy atom. The van der Waals surface area contributed by atoms with Crippen LogP contribution in [0.3, 0.4) is 0 Å². The number of furan rings is 1. The Kier molecular flexibility index (Phi) is 6.40. The third-order valence-electron chi connectivity index (χ3n) is 5.28. The van der Waals surface area contributed by atoms with Crippen LogP contribution < -0.4 is 9.64 Å². The molecular formula is C25H18Cl2FNO4. The van der Waals surface area contributed by atoms with Crippen molar-refractivity contribution in [3.05, 3.63) is 93.4 Å². The van der Waals surface area contributed by atoms with Gasteiger partial charge in [-0.2, -0.15) is 0 Å². The minimum Gasteiger partial charge on any atom is -0.493 e. The summed E-state index contributed by atoms with van der Waals surface area (Å²) in [6.45, 7) is 0. The van der Waals surface area contributed by atoms with Crippen molar-refractivity contribution in [2.24, 2.45) is 0 Å². The van der Waals surface area contributed by atoms with Crippen LogP contribution in [-0.4, -0.2) is 25.8 Å². The lowest BCUT2D eigenvalue weighted by Gasteiger charge is -2.15. The number of fused-ring (bicyclic) bond motifs is 1. The lowest BCUT2D eigenvalue weighted by atomic mass is 9.99. The summed E-state index contributed by atoms with van der Waals surface area (Å²) in [7, 11) is 2.97. The van der Waals surface area contributed by atoms with Crippen LogP contribution in [0.4, 0.5) is 10.1 Å². The van der Waals surface area contributed by atoms with E-state index in [1.165, 1.54) is 43.3 Å². The average Bonchev–Trinajstić information content (AvgIpc) is 3.25. The van der Waals surface area contributed by atoms with Crippen LogP contribution in [0.15, 0.2) is 65.1 Å². The second-order valence-electron chi connectivity index (χ2n) is 7.31. The van der Waals surface area contributed by atoms with E-state index in [9.17, 15) is 14.0 Å². The van der Waals surface area contributed by atoms with Crippen molar-refractivity contribution in [1.82, 2.24) is 0 Å². The van der Waals surface area contributed by atoms with Crippen LogP contribution in [0.25, 0.3) is 11.0 Å². The average molecular weight is 486 g/mol. The quantitative estimate of drug-likeness (QED) is 0.289. The molecule has 0 fully saturated rings. The molecule has 8 heteroatoms. The molecule has 0 radical (unpaired) electrons. The molecule has 0 aliphatic carbocycles. The highest BCUT2D eigenvalue weighted by molar-refractivity contribution is 6.36. The number of ketones is 1. The second-order valence-corrected chi connectivity index (χ2v) is 8.13. The number of hydrogen-bond acceptors (Lipinski definition) is 4. The van der Waals surface area contributed by atoms with Crippen molar-refractivity contribution in [2.75, 3.05) is 19.1 Å². The molecule has 0 unspecified atom stereocenters. The van der Waals surface area contributed by atoms with E-state index in [0.717, 1.165) is 0 Å². The maximum Gasteiger partial charge on any atom is 0.293 e. The maximum absolute atomic E-state index is 13.6. The number of hydrogen-bond donors (Lipinski definition) is 0. The lowest BCUT2D eigenvalue weighted by molar-refractivity contribution is 0.0966. The van der Waals surface area contributed by atoms with E-state index in [1.54, 1.807) is 36.4 Å². The first-order valence-corrected chi connectivity index (χ1v) is 10.7. The molecule has 0 atom stereocenters. The van der Waals surface area contributed by atoms with E-state index in [2.05, 4.69) is 0 Å². The zero-order valence-corrected chi connectivity index (χ0v) is 19.2. The van der Waals surface area contributed by atoms with Gasteiger partial charge in [-0.3, -0.25) is 9.59 Å². The molecule has 0 aliphatic heterocycles. The Bertz CT molecular complexity index is 1360. The van der Waals surface area contributed by atoms with Gasteiger partial charge in [0.25, 0.3) is 5.91 Å². The number of anilines is 1. The van der Waals surface area contributed by atoms with Gasteiger partial charge in [0, 0.05) is 40.2 Å². The summed E-state index contributed by atoms with van der Waals surface area (Å²) < 4.78 is 24.8. The van der Waals surface area contributed by atoms with Gasteiger partial charge in [-0.05, 0) is 54.1 Å². The van der Waals surface area contributed by atoms with Crippen LogP contribution in [0.1, 0.15) is 26.5 Å². The third-order valence-corrected chi connectivity index (χ3v) is 5.99. The van der Waals surface area contributed by atoms with E-state index in [1.807, 2.05) is 0 Å².